The smallest absolute Gasteiger partial charge is 0.251 e. The van der Waals surface area contributed by atoms with Gasteiger partial charge in [-0.2, -0.15) is 0 Å². The Morgan fingerprint density at radius 2 is 1.94 bits per heavy atom. The van der Waals surface area contributed by atoms with Crippen LogP contribution in [0, 0.1) is 5.92 Å². The van der Waals surface area contributed by atoms with Gasteiger partial charge in [0.2, 0.25) is 0 Å². The molecule has 0 aliphatic heterocycles. The van der Waals surface area contributed by atoms with Crippen LogP contribution in [0.4, 0.5) is 0 Å². The van der Waals surface area contributed by atoms with Crippen molar-refractivity contribution in [3.63, 3.8) is 0 Å². The first-order valence-electron chi connectivity index (χ1n) is 6.88. The molecule has 0 spiro atoms. The normalized spacial score (nSPS) is 19.6. The molecule has 1 saturated carbocycles. The maximum Gasteiger partial charge on any atom is 0.251 e. The van der Waals surface area contributed by atoms with E-state index in [2.05, 4.69) is 31.1 Å². The van der Waals surface area contributed by atoms with E-state index in [4.69, 9.17) is 5.84 Å². The van der Waals surface area contributed by atoms with Crippen LogP contribution < -0.4 is 11.3 Å². The Morgan fingerprint density at radius 1 is 1.35 bits per heavy atom. The van der Waals surface area contributed by atoms with E-state index in [-0.39, 0.29) is 11.9 Å². The van der Waals surface area contributed by atoms with Gasteiger partial charge in [0.1, 0.15) is 0 Å². The lowest BCUT2D eigenvalue weighted by atomic mass is 9.91. The van der Waals surface area contributed by atoms with Gasteiger partial charge in [0.15, 0.2) is 0 Å². The minimum absolute atomic E-state index is 0.0487. The fourth-order valence-corrected chi connectivity index (χ4v) is 3.02. The molecule has 1 unspecified atom stereocenters. The van der Waals surface area contributed by atoms with Crippen LogP contribution in [0.2, 0.25) is 0 Å². The van der Waals surface area contributed by atoms with Gasteiger partial charge >= 0.3 is 0 Å². The van der Waals surface area contributed by atoms with Crippen LogP contribution in [0.25, 0.3) is 0 Å². The summed E-state index contributed by atoms with van der Waals surface area (Å²) in [5.74, 6) is 5.55. The van der Waals surface area contributed by atoms with Crippen molar-refractivity contribution in [1.29, 1.82) is 0 Å². The number of hydrogen-bond acceptors (Lipinski definition) is 3. The Hall–Kier alpha value is -0.610. The number of hydrogen-bond donors (Lipinski definition) is 2. The lowest BCUT2D eigenvalue weighted by molar-refractivity contribution is -0.129. The Bertz CT molecular complexity index is 237. The Balaban J connectivity index is 2.76. The molecule has 1 fully saturated rings. The fraction of sp³-hybridized carbons (Fsp3) is 0.923. The summed E-state index contributed by atoms with van der Waals surface area (Å²) in [6, 6.07) is 0.464. The average molecular weight is 241 g/mol. The van der Waals surface area contributed by atoms with Gasteiger partial charge in [-0.3, -0.25) is 15.1 Å². The Morgan fingerprint density at radius 3 is 2.35 bits per heavy atom. The zero-order valence-electron chi connectivity index (χ0n) is 11.4. The molecule has 1 aliphatic carbocycles. The maximum atomic E-state index is 11.9. The van der Waals surface area contributed by atoms with E-state index in [0.29, 0.717) is 12.0 Å². The van der Waals surface area contributed by atoms with Crippen molar-refractivity contribution in [2.75, 3.05) is 6.54 Å². The van der Waals surface area contributed by atoms with E-state index in [1.165, 1.54) is 32.1 Å². The SMILES string of the molecule is CCN(C1CCCCC1)C(C(=O)NN)C(C)C. The lowest BCUT2D eigenvalue weighted by Crippen LogP contribution is -2.55. The van der Waals surface area contributed by atoms with Crippen molar-refractivity contribution in [2.45, 2.75) is 65.0 Å². The molecule has 0 aromatic rings. The molecule has 1 atom stereocenters. The third kappa shape index (κ3) is 3.68. The zero-order chi connectivity index (χ0) is 12.8. The number of nitrogens with two attached hydrogens (primary N) is 1. The highest BCUT2D eigenvalue weighted by Crippen LogP contribution is 2.26. The number of rotatable bonds is 5. The molecule has 17 heavy (non-hydrogen) atoms. The summed E-state index contributed by atoms with van der Waals surface area (Å²) in [7, 11) is 0. The van der Waals surface area contributed by atoms with Gasteiger partial charge in [-0.25, -0.2) is 5.84 Å². The predicted octanol–water partition coefficient (Wildman–Crippen LogP) is 1.66. The van der Waals surface area contributed by atoms with E-state index in [9.17, 15) is 4.79 Å². The van der Waals surface area contributed by atoms with Crippen molar-refractivity contribution >= 4 is 5.91 Å². The number of nitrogens with one attached hydrogen (secondary N) is 1. The molecule has 100 valence electrons. The number of amides is 1. The van der Waals surface area contributed by atoms with E-state index >= 15 is 0 Å². The molecule has 4 heteroatoms. The summed E-state index contributed by atoms with van der Waals surface area (Å²) < 4.78 is 0. The highest BCUT2D eigenvalue weighted by atomic mass is 16.2. The summed E-state index contributed by atoms with van der Waals surface area (Å²) >= 11 is 0. The molecule has 4 nitrogen and oxygen atoms in total. The van der Waals surface area contributed by atoms with Crippen LogP contribution in [0.5, 0.6) is 0 Å². The number of carbonyl (C=O) groups excluding carboxylic acids is 1. The first-order valence-corrected chi connectivity index (χ1v) is 6.88. The molecular weight excluding hydrogens is 214 g/mol. The topological polar surface area (TPSA) is 58.4 Å². The van der Waals surface area contributed by atoms with Crippen LogP contribution in [-0.2, 0) is 4.79 Å². The lowest BCUT2D eigenvalue weighted by Gasteiger charge is -2.40. The molecule has 1 aliphatic rings. The highest BCUT2D eigenvalue weighted by Gasteiger charge is 2.32. The number of likely N-dealkylation sites (N-methyl/N-ethyl adjacent to an activating group) is 1. The van der Waals surface area contributed by atoms with Crippen LogP contribution in [-0.4, -0.2) is 29.4 Å². The zero-order valence-corrected chi connectivity index (χ0v) is 11.4. The Kier molecular flexibility index (Phi) is 5.92. The molecule has 1 rings (SSSR count). The molecule has 0 aromatic carbocycles. The molecule has 0 heterocycles. The Labute approximate surface area is 105 Å². The first kappa shape index (κ1) is 14.5. The summed E-state index contributed by atoms with van der Waals surface area (Å²) in [4.78, 5) is 14.3. The number of hydrazine groups is 1. The third-order valence-electron chi connectivity index (χ3n) is 3.81. The second-order valence-electron chi connectivity index (χ2n) is 5.32. The second-order valence-corrected chi connectivity index (χ2v) is 5.32. The summed E-state index contributed by atoms with van der Waals surface area (Å²) in [5, 5.41) is 0. The number of carbonyl (C=O) groups is 1. The molecule has 3 N–H and O–H groups in total. The molecule has 0 bridgehead atoms. The molecule has 0 radical (unpaired) electrons. The summed E-state index contributed by atoms with van der Waals surface area (Å²) in [6.45, 7) is 7.23. The third-order valence-corrected chi connectivity index (χ3v) is 3.81. The van der Waals surface area contributed by atoms with E-state index < -0.39 is 0 Å². The van der Waals surface area contributed by atoms with E-state index in [1.54, 1.807) is 0 Å². The molecule has 0 aromatic heterocycles. The first-order chi connectivity index (χ1) is 8.11. The van der Waals surface area contributed by atoms with Crippen LogP contribution in [0.3, 0.4) is 0 Å². The van der Waals surface area contributed by atoms with E-state index in [0.717, 1.165) is 6.54 Å². The monoisotopic (exact) mass is 241 g/mol. The largest absolute Gasteiger partial charge is 0.293 e. The van der Waals surface area contributed by atoms with Gasteiger partial charge in [-0.15, -0.1) is 0 Å². The van der Waals surface area contributed by atoms with Gasteiger partial charge in [0.05, 0.1) is 6.04 Å². The van der Waals surface area contributed by atoms with Crippen molar-refractivity contribution in [3.05, 3.63) is 0 Å². The minimum atomic E-state index is -0.0897. The molecule has 1 amide bonds. The quantitative estimate of drug-likeness (QED) is 0.437. The summed E-state index contributed by atoms with van der Waals surface area (Å²) in [6.07, 6.45) is 6.35. The highest BCUT2D eigenvalue weighted by molar-refractivity contribution is 5.81. The maximum absolute atomic E-state index is 11.9. The van der Waals surface area contributed by atoms with Gasteiger partial charge in [-0.1, -0.05) is 40.0 Å². The van der Waals surface area contributed by atoms with Gasteiger partial charge in [0.25, 0.3) is 5.91 Å². The predicted molar refractivity (Wildman–Crippen MR) is 70.2 cm³/mol. The van der Waals surface area contributed by atoms with Gasteiger partial charge in [-0.05, 0) is 25.3 Å². The van der Waals surface area contributed by atoms with Gasteiger partial charge in [0, 0.05) is 6.04 Å². The van der Waals surface area contributed by atoms with E-state index in [1.807, 2.05) is 0 Å². The number of nitrogens with zero attached hydrogens (tertiary/aromatic N) is 1. The average Bonchev–Trinajstić information content (AvgIpc) is 2.35. The molecular formula is C13H27N3O. The second kappa shape index (κ2) is 6.97. The minimum Gasteiger partial charge on any atom is -0.293 e. The van der Waals surface area contributed by atoms with Crippen LogP contribution in [0.1, 0.15) is 52.9 Å². The summed E-state index contributed by atoms with van der Waals surface area (Å²) in [5.41, 5.74) is 2.32. The standard InChI is InChI=1S/C13H27N3O/c1-4-16(11-8-6-5-7-9-11)12(10(2)3)13(17)15-14/h10-12H,4-9,14H2,1-3H3,(H,15,17). The van der Waals surface area contributed by atoms with Crippen molar-refractivity contribution in [2.24, 2.45) is 11.8 Å². The van der Waals surface area contributed by atoms with Gasteiger partial charge < -0.3 is 0 Å². The van der Waals surface area contributed by atoms with Crippen molar-refractivity contribution in [3.8, 4) is 0 Å². The molecule has 0 saturated heterocycles. The fourth-order valence-electron chi connectivity index (χ4n) is 3.02. The van der Waals surface area contributed by atoms with Crippen molar-refractivity contribution < 1.29 is 4.79 Å². The van der Waals surface area contributed by atoms with Crippen LogP contribution in [0.15, 0.2) is 0 Å². The van der Waals surface area contributed by atoms with Crippen LogP contribution >= 0.6 is 0 Å². The van der Waals surface area contributed by atoms with Crippen molar-refractivity contribution in [1.82, 2.24) is 10.3 Å².